The Morgan fingerprint density at radius 2 is 2.21 bits per heavy atom. The van der Waals surface area contributed by atoms with E-state index in [1.54, 1.807) is 0 Å². The molecule has 0 atom stereocenters. The lowest BCUT2D eigenvalue weighted by Crippen LogP contribution is -2.09. The van der Waals surface area contributed by atoms with E-state index in [0.717, 1.165) is 39.7 Å². The maximum atomic E-state index is 8.94. The third-order valence-corrected chi connectivity index (χ3v) is 3.58. The van der Waals surface area contributed by atoms with Gasteiger partial charge in [0.1, 0.15) is 11.8 Å². The average molecular weight is 317 g/mol. The summed E-state index contributed by atoms with van der Waals surface area (Å²) in [4.78, 5) is 0. The molecule has 0 saturated heterocycles. The Morgan fingerprint density at radius 1 is 1.43 bits per heavy atom. The Labute approximate surface area is 99.1 Å². The Bertz CT molecular complexity index is 423. The average Bonchev–Trinajstić information content (AvgIpc) is 2.18. The monoisotopic (exact) mass is 315 g/mol. The number of nitriles is 1. The van der Waals surface area contributed by atoms with Gasteiger partial charge >= 0.3 is 0 Å². The maximum Gasteiger partial charge on any atom is 0.138 e. The second kappa shape index (κ2) is 3.92. The van der Waals surface area contributed by atoms with Gasteiger partial charge in [-0.1, -0.05) is 0 Å². The maximum absolute atomic E-state index is 8.94. The van der Waals surface area contributed by atoms with E-state index in [1.807, 2.05) is 6.07 Å². The summed E-state index contributed by atoms with van der Waals surface area (Å²) in [6.07, 6.45) is 2.05. The summed E-state index contributed by atoms with van der Waals surface area (Å²) in [5.41, 5.74) is 1.76. The fourth-order valence-electron chi connectivity index (χ4n) is 1.53. The van der Waals surface area contributed by atoms with Crippen LogP contribution in [0.1, 0.15) is 17.5 Å². The van der Waals surface area contributed by atoms with Crippen molar-refractivity contribution in [1.82, 2.24) is 0 Å². The van der Waals surface area contributed by atoms with Crippen molar-refractivity contribution >= 4 is 31.9 Å². The van der Waals surface area contributed by atoms with Gasteiger partial charge in [0.05, 0.1) is 16.6 Å². The largest absolute Gasteiger partial charge is 0.492 e. The number of hydrogen-bond donors (Lipinski definition) is 0. The molecule has 1 aliphatic heterocycles. The third kappa shape index (κ3) is 1.55. The van der Waals surface area contributed by atoms with Crippen LogP contribution in [0.25, 0.3) is 0 Å². The Balaban J connectivity index is 2.65. The topological polar surface area (TPSA) is 33.0 Å². The Morgan fingerprint density at radius 3 is 2.93 bits per heavy atom. The number of aryl methyl sites for hydroxylation is 1. The van der Waals surface area contributed by atoms with E-state index in [4.69, 9.17) is 10.00 Å². The van der Waals surface area contributed by atoms with Gasteiger partial charge in [0.15, 0.2) is 0 Å². The summed E-state index contributed by atoms with van der Waals surface area (Å²) < 4.78 is 7.13. The van der Waals surface area contributed by atoms with Gasteiger partial charge in [-0.05, 0) is 56.3 Å². The molecule has 1 aromatic rings. The second-order valence-corrected chi connectivity index (χ2v) is 4.75. The van der Waals surface area contributed by atoms with E-state index in [-0.39, 0.29) is 0 Å². The van der Waals surface area contributed by atoms with Gasteiger partial charge in [0.25, 0.3) is 0 Å². The highest BCUT2D eigenvalue weighted by Gasteiger charge is 2.18. The van der Waals surface area contributed by atoms with E-state index in [1.165, 1.54) is 0 Å². The minimum Gasteiger partial charge on any atom is -0.492 e. The van der Waals surface area contributed by atoms with Crippen LogP contribution in [0.4, 0.5) is 0 Å². The van der Waals surface area contributed by atoms with Crippen LogP contribution in [0.2, 0.25) is 0 Å². The molecule has 0 saturated carbocycles. The summed E-state index contributed by atoms with van der Waals surface area (Å²) in [6, 6.07) is 4.11. The minimum atomic E-state index is 0.602. The quantitative estimate of drug-likeness (QED) is 0.735. The number of nitrogens with zero attached hydrogens (tertiary/aromatic N) is 1. The van der Waals surface area contributed by atoms with E-state index in [2.05, 4.69) is 37.9 Å². The van der Waals surface area contributed by atoms with Gasteiger partial charge < -0.3 is 4.74 Å². The molecule has 1 aliphatic rings. The van der Waals surface area contributed by atoms with Gasteiger partial charge in [-0.25, -0.2) is 0 Å². The molecule has 0 spiro atoms. The molecular weight excluding hydrogens is 310 g/mol. The lowest BCUT2D eigenvalue weighted by Gasteiger charge is -2.19. The molecule has 0 bridgehead atoms. The third-order valence-electron chi connectivity index (χ3n) is 2.20. The van der Waals surface area contributed by atoms with Crippen molar-refractivity contribution in [2.45, 2.75) is 12.8 Å². The molecule has 0 amide bonds. The second-order valence-electron chi connectivity index (χ2n) is 3.10. The predicted molar refractivity (Wildman–Crippen MR) is 60.4 cm³/mol. The zero-order valence-electron chi connectivity index (χ0n) is 7.31. The molecule has 72 valence electrons. The van der Waals surface area contributed by atoms with Crippen LogP contribution in [-0.4, -0.2) is 6.61 Å². The number of rotatable bonds is 0. The van der Waals surface area contributed by atoms with Gasteiger partial charge in [-0.3, -0.25) is 0 Å². The van der Waals surface area contributed by atoms with Crippen molar-refractivity contribution in [3.8, 4) is 11.8 Å². The lowest BCUT2D eigenvalue weighted by molar-refractivity contribution is 0.286. The molecular formula is C10H7Br2NO. The smallest absolute Gasteiger partial charge is 0.138 e. The van der Waals surface area contributed by atoms with Crippen LogP contribution in [0.3, 0.4) is 0 Å². The number of ether oxygens (including phenoxy) is 1. The van der Waals surface area contributed by atoms with Crippen molar-refractivity contribution in [2.24, 2.45) is 0 Å². The summed E-state index contributed by atoms with van der Waals surface area (Å²) in [6.45, 7) is 0.734. The van der Waals surface area contributed by atoms with Gasteiger partial charge in [-0.2, -0.15) is 5.26 Å². The van der Waals surface area contributed by atoms with E-state index in [0.29, 0.717) is 5.56 Å². The molecule has 14 heavy (non-hydrogen) atoms. The summed E-state index contributed by atoms with van der Waals surface area (Å²) in [7, 11) is 0. The first-order valence-electron chi connectivity index (χ1n) is 4.28. The molecule has 1 heterocycles. The summed E-state index contributed by atoms with van der Waals surface area (Å²) in [5.74, 6) is 0.830. The van der Waals surface area contributed by atoms with E-state index < -0.39 is 0 Å². The fourth-order valence-corrected chi connectivity index (χ4v) is 3.03. The first kappa shape index (κ1) is 10.0. The zero-order valence-corrected chi connectivity index (χ0v) is 10.5. The zero-order chi connectivity index (χ0) is 10.1. The molecule has 0 fully saturated rings. The molecule has 1 aromatic carbocycles. The number of halogens is 2. The van der Waals surface area contributed by atoms with Crippen LogP contribution < -0.4 is 4.74 Å². The summed E-state index contributed by atoms with van der Waals surface area (Å²) in [5, 5.41) is 8.94. The van der Waals surface area contributed by atoms with Crippen molar-refractivity contribution in [3.05, 3.63) is 26.1 Å². The van der Waals surface area contributed by atoms with Crippen LogP contribution in [0, 0.1) is 11.3 Å². The van der Waals surface area contributed by atoms with Crippen molar-refractivity contribution in [3.63, 3.8) is 0 Å². The first-order chi connectivity index (χ1) is 6.74. The molecule has 0 radical (unpaired) electrons. The molecule has 0 aliphatic carbocycles. The molecule has 0 N–H and O–H groups in total. The van der Waals surface area contributed by atoms with Crippen LogP contribution in [0.15, 0.2) is 15.0 Å². The predicted octanol–water partition coefficient (Wildman–Crippen LogP) is 3.41. The standard InChI is InChI=1S/C10H7Br2NO/c11-8-4-6-2-1-3-14-10(6)9(12)7(8)5-13/h4H,1-3H2. The van der Waals surface area contributed by atoms with Crippen molar-refractivity contribution in [2.75, 3.05) is 6.61 Å². The normalized spacial score (nSPS) is 14.1. The van der Waals surface area contributed by atoms with Crippen molar-refractivity contribution in [1.29, 1.82) is 5.26 Å². The number of hydrogen-bond acceptors (Lipinski definition) is 2. The van der Waals surface area contributed by atoms with E-state index in [9.17, 15) is 0 Å². The molecule has 2 rings (SSSR count). The Hall–Kier alpha value is -0.530. The fraction of sp³-hybridized carbons (Fsp3) is 0.300. The van der Waals surface area contributed by atoms with Crippen LogP contribution >= 0.6 is 31.9 Å². The van der Waals surface area contributed by atoms with Gasteiger partial charge in [0, 0.05) is 4.47 Å². The molecule has 0 aromatic heterocycles. The molecule has 4 heteroatoms. The minimum absolute atomic E-state index is 0.602. The first-order valence-corrected chi connectivity index (χ1v) is 5.86. The highest BCUT2D eigenvalue weighted by atomic mass is 79.9. The van der Waals surface area contributed by atoms with E-state index >= 15 is 0 Å². The van der Waals surface area contributed by atoms with Crippen LogP contribution in [0.5, 0.6) is 5.75 Å². The molecule has 2 nitrogen and oxygen atoms in total. The summed E-state index contributed by atoms with van der Waals surface area (Å²) >= 11 is 6.78. The van der Waals surface area contributed by atoms with Crippen molar-refractivity contribution < 1.29 is 4.74 Å². The highest BCUT2D eigenvalue weighted by Crippen LogP contribution is 2.39. The van der Waals surface area contributed by atoms with Crippen LogP contribution in [-0.2, 0) is 6.42 Å². The Kier molecular flexibility index (Phi) is 2.80. The van der Waals surface area contributed by atoms with Gasteiger partial charge in [0.2, 0.25) is 0 Å². The van der Waals surface area contributed by atoms with Gasteiger partial charge in [-0.15, -0.1) is 0 Å². The lowest BCUT2D eigenvalue weighted by atomic mass is 10.0. The molecule has 0 unspecified atom stereocenters. The highest BCUT2D eigenvalue weighted by molar-refractivity contribution is 9.11. The SMILES string of the molecule is N#Cc1c(Br)cc2c(c1Br)OCCC2. The number of fused-ring (bicyclic) bond motifs is 1. The number of benzene rings is 1.